The van der Waals surface area contributed by atoms with Crippen LogP contribution in [0.15, 0.2) is 17.1 Å². The van der Waals surface area contributed by atoms with Crippen LogP contribution < -0.4 is 10.6 Å². The summed E-state index contributed by atoms with van der Waals surface area (Å²) in [6.07, 6.45) is 2.68. The zero-order chi connectivity index (χ0) is 18.1. The predicted molar refractivity (Wildman–Crippen MR) is 119 cm³/mol. The van der Waals surface area contributed by atoms with Gasteiger partial charge in [-0.2, -0.15) is 0 Å². The van der Waals surface area contributed by atoms with Crippen molar-refractivity contribution < 1.29 is 9.53 Å². The number of piperidine rings is 1. The molecule has 0 radical (unpaired) electrons. The number of nitrogens with zero attached hydrogens (tertiary/aromatic N) is 2. The van der Waals surface area contributed by atoms with Crippen LogP contribution in [-0.2, 0) is 17.7 Å². The third kappa shape index (κ3) is 7.30. The van der Waals surface area contributed by atoms with Gasteiger partial charge < -0.3 is 20.3 Å². The molecule has 1 aromatic heterocycles. The molecular formula is C18H31IN4O2S. The molecular weight excluding hydrogens is 463 g/mol. The second-order valence-electron chi connectivity index (χ2n) is 6.02. The van der Waals surface area contributed by atoms with E-state index < -0.39 is 0 Å². The van der Waals surface area contributed by atoms with Crippen molar-refractivity contribution in [3.05, 3.63) is 21.9 Å². The fourth-order valence-electron chi connectivity index (χ4n) is 2.79. The standard InChI is InChI=1S/C18H30N4O2S.HI/c1-4-15-7-8-16(25-15)13-20-17(19-5-2)21-14-9-11-22(12-10-14)18(23)24-6-3;/h7-8,14H,4-6,9-13H2,1-3H3,(H2,19,20,21);1H. The van der Waals surface area contributed by atoms with Crippen molar-refractivity contribution in [2.45, 2.75) is 52.6 Å². The summed E-state index contributed by atoms with van der Waals surface area (Å²) in [5, 5.41) is 6.82. The highest BCUT2D eigenvalue weighted by molar-refractivity contribution is 14.0. The number of rotatable bonds is 6. The average molecular weight is 494 g/mol. The van der Waals surface area contributed by atoms with Gasteiger partial charge in [-0.15, -0.1) is 35.3 Å². The maximum atomic E-state index is 11.8. The molecule has 0 spiro atoms. The van der Waals surface area contributed by atoms with Crippen molar-refractivity contribution in [2.24, 2.45) is 4.99 Å². The van der Waals surface area contributed by atoms with Crippen LogP contribution in [0.3, 0.4) is 0 Å². The van der Waals surface area contributed by atoms with E-state index in [1.165, 1.54) is 9.75 Å². The summed E-state index contributed by atoms with van der Waals surface area (Å²) in [6, 6.07) is 4.67. The normalized spacial score (nSPS) is 15.3. The van der Waals surface area contributed by atoms with E-state index >= 15 is 0 Å². The van der Waals surface area contributed by atoms with Gasteiger partial charge in [0.05, 0.1) is 13.2 Å². The van der Waals surface area contributed by atoms with Gasteiger partial charge in [0.15, 0.2) is 5.96 Å². The van der Waals surface area contributed by atoms with E-state index in [9.17, 15) is 4.79 Å². The van der Waals surface area contributed by atoms with Crippen LogP contribution >= 0.6 is 35.3 Å². The molecule has 6 nitrogen and oxygen atoms in total. The smallest absolute Gasteiger partial charge is 0.409 e. The molecule has 0 saturated carbocycles. The Hall–Kier alpha value is -1.03. The van der Waals surface area contributed by atoms with Crippen LogP contribution in [0.2, 0.25) is 0 Å². The number of carbonyl (C=O) groups excluding carboxylic acids is 1. The number of aliphatic imine (C=N–C) groups is 1. The number of halogens is 1. The van der Waals surface area contributed by atoms with Crippen LogP contribution in [0.25, 0.3) is 0 Å². The number of amides is 1. The lowest BCUT2D eigenvalue weighted by Gasteiger charge is -2.32. The summed E-state index contributed by atoms with van der Waals surface area (Å²) in [4.78, 5) is 20.9. The molecule has 1 aliphatic rings. The van der Waals surface area contributed by atoms with Crippen molar-refractivity contribution in [3.8, 4) is 0 Å². The highest BCUT2D eigenvalue weighted by Gasteiger charge is 2.24. The number of ether oxygens (including phenoxy) is 1. The molecule has 0 atom stereocenters. The van der Waals surface area contributed by atoms with E-state index in [-0.39, 0.29) is 30.1 Å². The van der Waals surface area contributed by atoms with Gasteiger partial charge in [0.2, 0.25) is 0 Å². The fourth-order valence-corrected chi connectivity index (χ4v) is 3.67. The quantitative estimate of drug-likeness (QED) is 0.361. The molecule has 1 saturated heterocycles. The summed E-state index contributed by atoms with van der Waals surface area (Å²) in [5.74, 6) is 0.850. The summed E-state index contributed by atoms with van der Waals surface area (Å²) in [7, 11) is 0. The molecule has 0 aliphatic carbocycles. The van der Waals surface area contributed by atoms with E-state index in [0.717, 1.165) is 44.9 Å². The molecule has 148 valence electrons. The second-order valence-corrected chi connectivity index (χ2v) is 7.27. The van der Waals surface area contributed by atoms with Gasteiger partial charge in [-0.05, 0) is 45.2 Å². The molecule has 2 rings (SSSR count). The molecule has 2 heterocycles. The number of hydrogen-bond donors (Lipinski definition) is 2. The summed E-state index contributed by atoms with van der Waals surface area (Å²) in [5.41, 5.74) is 0. The Morgan fingerprint density at radius 3 is 2.54 bits per heavy atom. The first-order valence-electron chi connectivity index (χ1n) is 9.20. The number of thiophene rings is 1. The van der Waals surface area contributed by atoms with E-state index in [1.807, 2.05) is 18.3 Å². The number of likely N-dealkylation sites (tertiary alicyclic amines) is 1. The van der Waals surface area contributed by atoms with Crippen LogP contribution in [0.4, 0.5) is 4.79 Å². The largest absolute Gasteiger partial charge is 0.450 e. The number of carbonyl (C=O) groups is 1. The van der Waals surface area contributed by atoms with Crippen molar-refractivity contribution in [3.63, 3.8) is 0 Å². The van der Waals surface area contributed by atoms with Crippen molar-refractivity contribution >= 4 is 47.4 Å². The Kier molecular flexibility index (Phi) is 11.0. The Bertz CT molecular complexity index is 571. The second kappa shape index (κ2) is 12.4. The first-order valence-corrected chi connectivity index (χ1v) is 10.0. The number of hydrogen-bond acceptors (Lipinski definition) is 4. The minimum absolute atomic E-state index is 0. The van der Waals surface area contributed by atoms with Gasteiger partial charge in [0, 0.05) is 35.4 Å². The molecule has 2 N–H and O–H groups in total. The highest BCUT2D eigenvalue weighted by atomic mass is 127. The van der Waals surface area contributed by atoms with E-state index in [2.05, 4.69) is 36.6 Å². The third-order valence-electron chi connectivity index (χ3n) is 4.16. The van der Waals surface area contributed by atoms with Crippen molar-refractivity contribution in [1.82, 2.24) is 15.5 Å². The van der Waals surface area contributed by atoms with Crippen molar-refractivity contribution in [2.75, 3.05) is 26.2 Å². The first-order chi connectivity index (χ1) is 12.2. The molecule has 1 amide bonds. The van der Waals surface area contributed by atoms with Gasteiger partial charge >= 0.3 is 6.09 Å². The van der Waals surface area contributed by atoms with Gasteiger partial charge in [-0.1, -0.05) is 6.92 Å². The first kappa shape index (κ1) is 23.0. The zero-order valence-electron chi connectivity index (χ0n) is 15.9. The van der Waals surface area contributed by atoms with Gasteiger partial charge in [0.25, 0.3) is 0 Å². The highest BCUT2D eigenvalue weighted by Crippen LogP contribution is 2.17. The molecule has 1 fully saturated rings. The number of aryl methyl sites for hydroxylation is 1. The Morgan fingerprint density at radius 2 is 1.96 bits per heavy atom. The Balaban J connectivity index is 0.00000338. The van der Waals surface area contributed by atoms with Gasteiger partial charge in [-0.25, -0.2) is 9.79 Å². The predicted octanol–water partition coefficient (Wildman–Crippen LogP) is 3.60. The topological polar surface area (TPSA) is 66.0 Å². The molecule has 26 heavy (non-hydrogen) atoms. The average Bonchev–Trinajstić information content (AvgIpc) is 3.09. The molecule has 0 aromatic carbocycles. The molecule has 8 heteroatoms. The molecule has 0 unspecified atom stereocenters. The van der Waals surface area contributed by atoms with Gasteiger partial charge in [-0.3, -0.25) is 0 Å². The van der Waals surface area contributed by atoms with E-state index in [4.69, 9.17) is 9.73 Å². The van der Waals surface area contributed by atoms with Crippen LogP contribution in [0.5, 0.6) is 0 Å². The minimum atomic E-state index is -0.203. The Labute approximate surface area is 177 Å². The summed E-state index contributed by atoms with van der Waals surface area (Å²) >= 11 is 1.83. The summed E-state index contributed by atoms with van der Waals surface area (Å²) in [6.45, 7) is 9.48. The van der Waals surface area contributed by atoms with Gasteiger partial charge in [0.1, 0.15) is 0 Å². The lowest BCUT2D eigenvalue weighted by molar-refractivity contribution is 0.0963. The lowest BCUT2D eigenvalue weighted by Crippen LogP contribution is -2.49. The molecule has 0 bridgehead atoms. The number of nitrogens with one attached hydrogen (secondary N) is 2. The zero-order valence-corrected chi connectivity index (χ0v) is 19.1. The maximum Gasteiger partial charge on any atom is 0.409 e. The van der Waals surface area contributed by atoms with E-state index in [1.54, 1.807) is 4.90 Å². The van der Waals surface area contributed by atoms with Crippen LogP contribution in [0, 0.1) is 0 Å². The molecule has 1 aliphatic heterocycles. The van der Waals surface area contributed by atoms with Crippen LogP contribution in [0.1, 0.15) is 43.4 Å². The Morgan fingerprint density at radius 1 is 1.27 bits per heavy atom. The van der Waals surface area contributed by atoms with E-state index in [0.29, 0.717) is 19.2 Å². The fraction of sp³-hybridized carbons (Fsp3) is 0.667. The third-order valence-corrected chi connectivity index (χ3v) is 5.38. The maximum absolute atomic E-state index is 11.8. The summed E-state index contributed by atoms with van der Waals surface area (Å²) < 4.78 is 5.07. The minimum Gasteiger partial charge on any atom is -0.450 e. The monoisotopic (exact) mass is 494 g/mol. The lowest BCUT2D eigenvalue weighted by atomic mass is 10.1. The van der Waals surface area contributed by atoms with Crippen LogP contribution in [-0.4, -0.2) is 49.2 Å². The molecule has 1 aromatic rings. The SMILES string of the molecule is CCNC(=NCc1ccc(CC)s1)NC1CCN(C(=O)OCC)CC1.I. The van der Waals surface area contributed by atoms with Crippen molar-refractivity contribution in [1.29, 1.82) is 0 Å². The number of guanidine groups is 1.